The fourth-order valence-electron chi connectivity index (χ4n) is 1.71. The maximum absolute atomic E-state index is 11.2. The number of carbonyl (C=O) groups is 1. The van der Waals surface area contributed by atoms with E-state index >= 15 is 0 Å². The fraction of sp³-hybridized carbons (Fsp3) is 0. The molecule has 0 unspecified atom stereocenters. The molecule has 0 heterocycles. The first-order chi connectivity index (χ1) is 8.30. The summed E-state index contributed by atoms with van der Waals surface area (Å²) in [5, 5.41) is 10.2. The molecule has 4 N–H and O–H groups in total. The summed E-state index contributed by atoms with van der Waals surface area (Å²) in [6.45, 7) is 0. The van der Waals surface area contributed by atoms with Crippen molar-refractivity contribution >= 4 is 26.8 Å². The molecule has 0 aliphatic carbocycles. The Morgan fingerprint density at radius 2 is 1.78 bits per heavy atom. The van der Waals surface area contributed by atoms with E-state index in [1.165, 1.54) is 24.3 Å². The van der Waals surface area contributed by atoms with Gasteiger partial charge in [0.2, 0.25) is 0 Å². The number of primary amides is 1. The van der Waals surface area contributed by atoms with Crippen LogP contribution in [0.3, 0.4) is 0 Å². The molecule has 94 valence electrons. The van der Waals surface area contributed by atoms with Gasteiger partial charge in [-0.25, -0.2) is 0 Å². The summed E-state index contributed by atoms with van der Waals surface area (Å²) in [5.41, 5.74) is 4.95. The van der Waals surface area contributed by atoms with E-state index in [2.05, 4.69) is 0 Å². The van der Waals surface area contributed by atoms with Gasteiger partial charge in [0.25, 0.3) is 16.0 Å². The minimum absolute atomic E-state index is 0.164. The first-order valence-electron chi connectivity index (χ1n) is 4.84. The molecular weight excluding hydrogens is 258 g/mol. The number of fused-ring (bicyclic) bond motifs is 1. The van der Waals surface area contributed by atoms with Gasteiger partial charge in [-0.2, -0.15) is 8.42 Å². The zero-order valence-electron chi connectivity index (χ0n) is 8.99. The molecule has 0 aromatic heterocycles. The quantitative estimate of drug-likeness (QED) is 0.698. The Morgan fingerprint density at radius 1 is 1.17 bits per heavy atom. The highest BCUT2D eigenvalue weighted by Gasteiger charge is 2.16. The third-order valence-electron chi connectivity index (χ3n) is 2.52. The van der Waals surface area contributed by atoms with Gasteiger partial charge >= 0.3 is 0 Å². The molecule has 18 heavy (non-hydrogen) atoms. The molecule has 0 aliphatic rings. The second-order valence-electron chi connectivity index (χ2n) is 3.68. The molecular formula is C11H9NO5S. The molecule has 0 fully saturated rings. The lowest BCUT2D eigenvalue weighted by Crippen LogP contribution is -2.12. The van der Waals surface area contributed by atoms with Crippen LogP contribution in [0, 0.1) is 0 Å². The van der Waals surface area contributed by atoms with Crippen LogP contribution < -0.4 is 5.73 Å². The molecule has 0 saturated heterocycles. The van der Waals surface area contributed by atoms with Crippen molar-refractivity contribution in [2.24, 2.45) is 5.73 Å². The van der Waals surface area contributed by atoms with Gasteiger partial charge in [-0.3, -0.25) is 9.35 Å². The van der Waals surface area contributed by atoms with Crippen LogP contribution >= 0.6 is 0 Å². The fourth-order valence-corrected chi connectivity index (χ4v) is 2.21. The van der Waals surface area contributed by atoms with E-state index in [1.54, 1.807) is 0 Å². The standard InChI is InChI=1S/C11H9NO5S/c12-11(14)10-8-5-7(18(15,16)17)3-1-6(8)2-4-9(10)13/h1-5,13H,(H2,12,14)(H,15,16,17). The number of phenols is 1. The SMILES string of the molecule is NC(=O)c1c(O)ccc2ccc(S(=O)(=O)O)cc12. The molecule has 0 saturated carbocycles. The van der Waals surface area contributed by atoms with E-state index in [-0.39, 0.29) is 21.6 Å². The van der Waals surface area contributed by atoms with Gasteiger partial charge < -0.3 is 10.8 Å². The first kappa shape index (κ1) is 12.3. The lowest BCUT2D eigenvalue weighted by Gasteiger charge is -2.07. The third-order valence-corrected chi connectivity index (χ3v) is 3.36. The van der Waals surface area contributed by atoms with Crippen molar-refractivity contribution in [2.45, 2.75) is 4.90 Å². The van der Waals surface area contributed by atoms with Crippen LogP contribution in [0.5, 0.6) is 5.75 Å². The average molecular weight is 267 g/mol. The largest absolute Gasteiger partial charge is 0.507 e. The van der Waals surface area contributed by atoms with Crippen molar-refractivity contribution in [3.8, 4) is 5.75 Å². The number of rotatable bonds is 2. The van der Waals surface area contributed by atoms with Crippen LogP contribution in [0.2, 0.25) is 0 Å². The first-order valence-corrected chi connectivity index (χ1v) is 6.28. The smallest absolute Gasteiger partial charge is 0.294 e. The van der Waals surface area contributed by atoms with Crippen molar-refractivity contribution in [3.63, 3.8) is 0 Å². The summed E-state index contributed by atoms with van der Waals surface area (Å²) in [6.07, 6.45) is 0. The normalized spacial score (nSPS) is 11.6. The second kappa shape index (κ2) is 3.97. The Labute approximate surface area is 102 Å². The van der Waals surface area contributed by atoms with Crippen LogP contribution in [0.25, 0.3) is 10.8 Å². The molecule has 0 bridgehead atoms. The van der Waals surface area contributed by atoms with Crippen molar-refractivity contribution in [3.05, 3.63) is 35.9 Å². The van der Waals surface area contributed by atoms with Crippen molar-refractivity contribution in [1.82, 2.24) is 0 Å². The molecule has 6 nitrogen and oxygen atoms in total. The van der Waals surface area contributed by atoms with E-state index in [4.69, 9.17) is 10.3 Å². The van der Waals surface area contributed by atoms with Crippen LogP contribution in [0.15, 0.2) is 35.2 Å². The predicted molar refractivity (Wildman–Crippen MR) is 63.9 cm³/mol. The summed E-state index contributed by atoms with van der Waals surface area (Å²) in [6, 6.07) is 6.48. The van der Waals surface area contributed by atoms with E-state index in [0.717, 1.165) is 6.07 Å². The van der Waals surface area contributed by atoms with Gasteiger partial charge in [-0.15, -0.1) is 0 Å². The zero-order valence-corrected chi connectivity index (χ0v) is 9.81. The number of carbonyl (C=O) groups excluding carboxylic acids is 1. The average Bonchev–Trinajstić information content (AvgIpc) is 2.26. The van der Waals surface area contributed by atoms with Gasteiger partial charge in [-0.05, 0) is 29.0 Å². The third kappa shape index (κ3) is 2.01. The maximum Gasteiger partial charge on any atom is 0.294 e. The monoisotopic (exact) mass is 267 g/mol. The molecule has 2 aromatic rings. The van der Waals surface area contributed by atoms with Gasteiger partial charge in [0, 0.05) is 0 Å². The Kier molecular flexibility index (Phi) is 2.72. The summed E-state index contributed by atoms with van der Waals surface area (Å²) in [4.78, 5) is 10.9. The summed E-state index contributed by atoms with van der Waals surface area (Å²) in [7, 11) is -4.38. The van der Waals surface area contributed by atoms with Gasteiger partial charge in [-0.1, -0.05) is 12.1 Å². The molecule has 7 heteroatoms. The summed E-state index contributed by atoms with van der Waals surface area (Å²) < 4.78 is 31.0. The summed E-state index contributed by atoms with van der Waals surface area (Å²) in [5.74, 6) is -1.23. The van der Waals surface area contributed by atoms with Gasteiger partial charge in [0.1, 0.15) is 5.75 Å². The zero-order chi connectivity index (χ0) is 13.5. The van der Waals surface area contributed by atoms with Crippen LogP contribution in [-0.4, -0.2) is 24.0 Å². The molecule has 0 radical (unpaired) electrons. The number of benzene rings is 2. The Morgan fingerprint density at radius 3 is 2.33 bits per heavy atom. The Hall–Kier alpha value is -2.12. The van der Waals surface area contributed by atoms with Crippen LogP contribution in [0.1, 0.15) is 10.4 Å². The Bertz CT molecular complexity index is 751. The van der Waals surface area contributed by atoms with Crippen molar-refractivity contribution < 1.29 is 22.9 Å². The molecule has 0 aliphatic heterocycles. The van der Waals surface area contributed by atoms with Gasteiger partial charge in [0.15, 0.2) is 0 Å². The number of amides is 1. The predicted octanol–water partition coefficient (Wildman–Crippen LogP) is 0.891. The highest BCUT2D eigenvalue weighted by atomic mass is 32.2. The second-order valence-corrected chi connectivity index (χ2v) is 5.10. The van der Waals surface area contributed by atoms with Crippen molar-refractivity contribution in [1.29, 1.82) is 0 Å². The van der Waals surface area contributed by atoms with Crippen LogP contribution in [-0.2, 0) is 10.1 Å². The maximum atomic E-state index is 11.2. The lowest BCUT2D eigenvalue weighted by atomic mass is 10.0. The van der Waals surface area contributed by atoms with Gasteiger partial charge in [0.05, 0.1) is 10.5 Å². The molecule has 2 aromatic carbocycles. The topological polar surface area (TPSA) is 118 Å². The number of aromatic hydroxyl groups is 1. The highest BCUT2D eigenvalue weighted by molar-refractivity contribution is 7.85. The highest BCUT2D eigenvalue weighted by Crippen LogP contribution is 2.28. The van der Waals surface area contributed by atoms with E-state index in [9.17, 15) is 18.3 Å². The number of nitrogens with two attached hydrogens (primary N) is 1. The molecule has 2 rings (SSSR count). The van der Waals surface area contributed by atoms with E-state index in [0.29, 0.717) is 5.39 Å². The minimum atomic E-state index is -4.38. The Balaban J connectivity index is 2.90. The lowest BCUT2D eigenvalue weighted by molar-refractivity contribution is 0.0999. The van der Waals surface area contributed by atoms with Crippen LogP contribution in [0.4, 0.5) is 0 Å². The molecule has 0 atom stereocenters. The molecule has 1 amide bonds. The molecule has 0 spiro atoms. The number of hydrogen-bond donors (Lipinski definition) is 3. The van der Waals surface area contributed by atoms with E-state index in [1.807, 2.05) is 0 Å². The number of hydrogen-bond acceptors (Lipinski definition) is 4. The minimum Gasteiger partial charge on any atom is -0.507 e. The van der Waals surface area contributed by atoms with E-state index < -0.39 is 16.0 Å². The van der Waals surface area contributed by atoms with Crippen molar-refractivity contribution in [2.75, 3.05) is 0 Å². The summed E-state index contributed by atoms with van der Waals surface area (Å²) >= 11 is 0.